The van der Waals surface area contributed by atoms with Gasteiger partial charge in [-0.15, -0.1) is 0 Å². The lowest BCUT2D eigenvalue weighted by Gasteiger charge is -2.45. The van der Waals surface area contributed by atoms with Crippen molar-refractivity contribution in [3.05, 3.63) is 47.5 Å². The lowest BCUT2D eigenvalue weighted by Crippen LogP contribution is -2.64. The van der Waals surface area contributed by atoms with Crippen molar-refractivity contribution in [2.75, 3.05) is 13.7 Å². The van der Waals surface area contributed by atoms with Crippen LogP contribution < -0.4 is 14.2 Å². The van der Waals surface area contributed by atoms with Gasteiger partial charge in [0.05, 0.1) is 26.2 Å². The number of aliphatic hydroxyl groups excluding tert-OH is 6. The highest BCUT2D eigenvalue weighted by molar-refractivity contribution is 6.02. The van der Waals surface area contributed by atoms with E-state index < -0.39 is 79.9 Å². The molecule has 0 aromatic heterocycles. The number of carbonyl (C=O) groups is 1. The molecule has 0 bridgehead atoms. The molecule has 2 aromatic rings. The second-order valence-electron chi connectivity index (χ2n) is 10.4. The summed E-state index contributed by atoms with van der Waals surface area (Å²) < 4.78 is 33.9. The average Bonchev–Trinajstić information content (AvgIpc) is 2.97. The molecule has 230 valence electrons. The number of rotatable bonds is 7. The van der Waals surface area contributed by atoms with E-state index in [1.165, 1.54) is 20.1 Å². The maximum atomic E-state index is 12.9. The highest BCUT2D eigenvalue weighted by Crippen LogP contribution is 2.43. The fourth-order valence-electron chi connectivity index (χ4n) is 5.20. The minimum Gasteiger partial charge on any atom is -0.507 e. The van der Waals surface area contributed by atoms with Crippen LogP contribution in [0.3, 0.4) is 0 Å². The molecule has 3 aliphatic heterocycles. The number of hydrogen-bond acceptors (Lipinski definition) is 14. The molecule has 14 nitrogen and oxygen atoms in total. The van der Waals surface area contributed by atoms with Gasteiger partial charge < -0.3 is 64.2 Å². The first-order chi connectivity index (χ1) is 20.0. The van der Waals surface area contributed by atoms with Gasteiger partial charge in [0.1, 0.15) is 71.3 Å². The molecule has 5 rings (SSSR count). The van der Waals surface area contributed by atoms with Gasteiger partial charge in [-0.05, 0) is 24.6 Å². The zero-order valence-corrected chi connectivity index (χ0v) is 22.7. The Morgan fingerprint density at radius 3 is 2.26 bits per heavy atom. The molecule has 0 spiro atoms. The zero-order valence-electron chi connectivity index (χ0n) is 22.7. The molecule has 0 amide bonds. The molecule has 2 fully saturated rings. The van der Waals surface area contributed by atoms with E-state index in [-0.39, 0.29) is 29.3 Å². The lowest BCUT2D eigenvalue weighted by molar-refractivity contribution is -0.354. The number of benzene rings is 2. The lowest BCUT2D eigenvalue weighted by atomic mass is 9.95. The highest BCUT2D eigenvalue weighted by atomic mass is 16.8. The van der Waals surface area contributed by atoms with Crippen LogP contribution in [-0.4, -0.2) is 117 Å². The number of aliphatic hydroxyl groups is 6. The van der Waals surface area contributed by atoms with Crippen LogP contribution in [0.5, 0.6) is 23.0 Å². The smallest absolute Gasteiger partial charge is 0.229 e. The third kappa shape index (κ3) is 5.77. The van der Waals surface area contributed by atoms with Crippen LogP contribution in [0.15, 0.2) is 36.4 Å². The summed E-state index contributed by atoms with van der Waals surface area (Å²) in [6, 6.07) is 9.42. The van der Waals surface area contributed by atoms with Gasteiger partial charge >= 0.3 is 0 Å². The van der Waals surface area contributed by atoms with Gasteiger partial charge in [0.2, 0.25) is 6.29 Å². The van der Waals surface area contributed by atoms with Crippen LogP contribution in [0.1, 0.15) is 35.4 Å². The van der Waals surface area contributed by atoms with Crippen molar-refractivity contribution in [3.8, 4) is 23.0 Å². The van der Waals surface area contributed by atoms with Gasteiger partial charge in [0.15, 0.2) is 18.2 Å². The summed E-state index contributed by atoms with van der Waals surface area (Å²) in [6.07, 6.45) is -15.8. The molecular weight excluding hydrogens is 560 g/mol. The molecule has 3 aliphatic rings. The van der Waals surface area contributed by atoms with Gasteiger partial charge in [-0.25, -0.2) is 0 Å². The Kier molecular flexibility index (Phi) is 8.89. The molecule has 2 saturated heterocycles. The van der Waals surface area contributed by atoms with Crippen molar-refractivity contribution >= 4 is 5.78 Å². The molecule has 11 atom stereocenters. The Morgan fingerprint density at radius 1 is 0.881 bits per heavy atom. The predicted molar refractivity (Wildman–Crippen MR) is 139 cm³/mol. The summed E-state index contributed by atoms with van der Waals surface area (Å²) in [5.74, 6) is -0.244. The fourth-order valence-corrected chi connectivity index (χ4v) is 5.20. The molecule has 14 heteroatoms. The Balaban J connectivity index is 1.40. The monoisotopic (exact) mass is 594 g/mol. The van der Waals surface area contributed by atoms with Crippen LogP contribution in [-0.2, 0) is 14.2 Å². The zero-order chi connectivity index (χ0) is 30.3. The van der Waals surface area contributed by atoms with Crippen LogP contribution in [0.4, 0.5) is 0 Å². The number of aromatic hydroxyl groups is 1. The van der Waals surface area contributed by atoms with Crippen molar-refractivity contribution in [1.82, 2.24) is 0 Å². The number of ether oxygens (including phenoxy) is 6. The van der Waals surface area contributed by atoms with Crippen molar-refractivity contribution in [1.29, 1.82) is 0 Å². The van der Waals surface area contributed by atoms with Gasteiger partial charge in [-0.3, -0.25) is 4.79 Å². The Hall–Kier alpha value is -3.05. The van der Waals surface area contributed by atoms with Gasteiger partial charge in [-0.1, -0.05) is 12.1 Å². The Labute approximate surface area is 240 Å². The Morgan fingerprint density at radius 2 is 1.60 bits per heavy atom. The number of carbonyl (C=O) groups excluding carboxylic acids is 1. The third-order valence-corrected chi connectivity index (χ3v) is 7.64. The SMILES string of the molecule is COc1ccc([C@@H]2CC(=O)c3c(O)cc(O[C@@H]4O[C@H](CO)[C@@H](O)[C@@H](O)[C@@H]4O[C@@H]4O[C@@H](C)[C@H](O)[C@H](O)[C@H]4O)cc3O2)cc1. The number of ketones is 1. The van der Waals surface area contributed by atoms with E-state index in [4.69, 9.17) is 28.4 Å². The van der Waals surface area contributed by atoms with Crippen molar-refractivity contribution in [3.63, 3.8) is 0 Å². The van der Waals surface area contributed by atoms with E-state index in [0.717, 1.165) is 6.07 Å². The summed E-state index contributed by atoms with van der Waals surface area (Å²) in [5.41, 5.74) is 0.647. The highest BCUT2D eigenvalue weighted by Gasteiger charge is 2.51. The van der Waals surface area contributed by atoms with Crippen LogP contribution in [0, 0.1) is 0 Å². The first-order valence-electron chi connectivity index (χ1n) is 13.4. The molecular formula is C28H34O14. The number of hydrogen-bond donors (Lipinski definition) is 7. The molecule has 7 N–H and O–H groups in total. The number of phenolic OH excluding ortho intramolecular Hbond substituents is 1. The molecule has 0 unspecified atom stereocenters. The summed E-state index contributed by atoms with van der Waals surface area (Å²) in [4.78, 5) is 12.9. The van der Waals surface area contributed by atoms with E-state index in [0.29, 0.717) is 11.3 Å². The fraction of sp³-hybridized carbons (Fsp3) is 0.536. The minimum atomic E-state index is -1.74. The number of phenols is 1. The number of Topliss-reactive ketones (excluding diaryl/α,β-unsaturated/α-hetero) is 1. The van der Waals surface area contributed by atoms with Crippen LogP contribution in [0.2, 0.25) is 0 Å². The van der Waals surface area contributed by atoms with E-state index in [2.05, 4.69) is 0 Å². The topological polar surface area (TPSA) is 214 Å². The van der Waals surface area contributed by atoms with Crippen molar-refractivity contribution in [2.24, 2.45) is 0 Å². The normalized spacial score (nSPS) is 36.6. The van der Waals surface area contributed by atoms with E-state index in [9.17, 15) is 40.5 Å². The second-order valence-corrected chi connectivity index (χ2v) is 10.4. The molecule has 2 aromatic carbocycles. The van der Waals surface area contributed by atoms with Crippen molar-refractivity contribution in [2.45, 2.75) is 80.9 Å². The predicted octanol–water partition coefficient (Wildman–Crippen LogP) is -0.862. The van der Waals surface area contributed by atoms with E-state index >= 15 is 0 Å². The molecule has 3 heterocycles. The van der Waals surface area contributed by atoms with Gasteiger partial charge in [-0.2, -0.15) is 0 Å². The molecule has 0 saturated carbocycles. The largest absolute Gasteiger partial charge is 0.507 e. The average molecular weight is 595 g/mol. The quantitative estimate of drug-likeness (QED) is 0.208. The van der Waals surface area contributed by atoms with E-state index in [1.54, 1.807) is 24.3 Å². The maximum Gasteiger partial charge on any atom is 0.229 e. The number of methoxy groups -OCH3 is 1. The van der Waals surface area contributed by atoms with Crippen LogP contribution >= 0.6 is 0 Å². The molecule has 42 heavy (non-hydrogen) atoms. The third-order valence-electron chi connectivity index (χ3n) is 7.64. The van der Waals surface area contributed by atoms with Crippen molar-refractivity contribution < 1.29 is 69.0 Å². The maximum absolute atomic E-state index is 12.9. The first kappa shape index (κ1) is 30.4. The summed E-state index contributed by atoms with van der Waals surface area (Å²) in [5, 5.41) is 72.3. The summed E-state index contributed by atoms with van der Waals surface area (Å²) in [7, 11) is 1.53. The van der Waals surface area contributed by atoms with Gasteiger partial charge in [0, 0.05) is 12.1 Å². The Bertz CT molecular complexity index is 1250. The van der Waals surface area contributed by atoms with E-state index in [1.807, 2.05) is 0 Å². The molecule has 0 radical (unpaired) electrons. The number of fused-ring (bicyclic) bond motifs is 1. The molecule has 0 aliphatic carbocycles. The summed E-state index contributed by atoms with van der Waals surface area (Å²) in [6.45, 7) is 0.733. The minimum absolute atomic E-state index is 0.0200. The second kappa shape index (κ2) is 12.3. The summed E-state index contributed by atoms with van der Waals surface area (Å²) >= 11 is 0. The standard InChI is InChI=1S/C28H34O14/c1-11-21(32)23(34)25(36)27(38-11)42-26-24(35)22(33)19(10-29)41-28(26)39-14-7-15(30)20-16(31)9-17(40-18(20)8-14)12-3-5-13(37-2)6-4-12/h3-8,11,17,19,21-30,32-36H,9-10H2,1-2H3/t11-,17-,19+,21-,22+,23-,24+,25+,26-,27-,28+/m0/s1. The first-order valence-corrected chi connectivity index (χ1v) is 13.4. The van der Waals surface area contributed by atoms with Crippen LogP contribution in [0.25, 0.3) is 0 Å². The van der Waals surface area contributed by atoms with Gasteiger partial charge in [0.25, 0.3) is 0 Å².